The van der Waals surface area contributed by atoms with Crippen LogP contribution in [0.15, 0.2) is 67.1 Å². The Morgan fingerprint density at radius 3 is 2.45 bits per heavy atom. The third-order valence-electron chi connectivity index (χ3n) is 3.63. The molecule has 22 heavy (non-hydrogen) atoms. The van der Waals surface area contributed by atoms with E-state index in [-0.39, 0.29) is 0 Å². The number of hydrogen-bond donors (Lipinski definition) is 1. The maximum Gasteiger partial charge on any atom is 0.0964 e. The van der Waals surface area contributed by atoms with Crippen molar-refractivity contribution in [1.82, 2.24) is 15.0 Å². The highest BCUT2D eigenvalue weighted by atomic mass is 35.5. The van der Waals surface area contributed by atoms with Gasteiger partial charge in [-0.25, -0.2) is 0 Å². The van der Waals surface area contributed by atoms with E-state index >= 15 is 0 Å². The smallest absolute Gasteiger partial charge is 0.0964 e. The highest BCUT2D eigenvalue weighted by Crippen LogP contribution is 2.37. The van der Waals surface area contributed by atoms with Crippen LogP contribution in [-0.4, -0.2) is 15.0 Å². The zero-order chi connectivity index (χ0) is 14.9. The molecule has 0 bridgehead atoms. The Labute approximate surface area is 132 Å². The van der Waals surface area contributed by atoms with Gasteiger partial charge in [0, 0.05) is 29.7 Å². The van der Waals surface area contributed by atoms with Crippen LogP contribution < -0.4 is 0 Å². The van der Waals surface area contributed by atoms with Gasteiger partial charge in [0.25, 0.3) is 0 Å². The number of fused-ring (bicyclic) bond motifs is 1. The Morgan fingerprint density at radius 2 is 1.68 bits per heavy atom. The van der Waals surface area contributed by atoms with Gasteiger partial charge in [-0.15, -0.1) is 0 Å². The minimum Gasteiger partial charge on any atom is -0.353 e. The van der Waals surface area contributed by atoms with E-state index in [2.05, 4.69) is 27.1 Å². The molecule has 0 saturated heterocycles. The van der Waals surface area contributed by atoms with Crippen molar-refractivity contribution in [2.45, 2.75) is 0 Å². The number of H-pyrrole nitrogens is 1. The third kappa shape index (κ3) is 2.16. The number of rotatable bonds is 2. The van der Waals surface area contributed by atoms with E-state index < -0.39 is 0 Å². The van der Waals surface area contributed by atoms with E-state index in [1.807, 2.05) is 36.4 Å². The number of pyridine rings is 2. The van der Waals surface area contributed by atoms with Crippen LogP contribution in [0.3, 0.4) is 0 Å². The first-order valence-corrected chi connectivity index (χ1v) is 7.34. The molecule has 0 spiro atoms. The molecule has 0 fully saturated rings. The molecule has 4 heteroatoms. The van der Waals surface area contributed by atoms with Crippen molar-refractivity contribution in [3.63, 3.8) is 0 Å². The van der Waals surface area contributed by atoms with Gasteiger partial charge in [0.15, 0.2) is 0 Å². The van der Waals surface area contributed by atoms with Crippen LogP contribution in [0.25, 0.3) is 33.4 Å². The molecule has 1 aromatic carbocycles. The zero-order valence-corrected chi connectivity index (χ0v) is 12.4. The van der Waals surface area contributed by atoms with Gasteiger partial charge in [-0.2, -0.15) is 0 Å². The van der Waals surface area contributed by atoms with Crippen molar-refractivity contribution in [2.75, 3.05) is 0 Å². The molecule has 0 amide bonds. The summed E-state index contributed by atoms with van der Waals surface area (Å²) in [7, 11) is 0. The zero-order valence-electron chi connectivity index (χ0n) is 11.6. The molecule has 4 rings (SSSR count). The van der Waals surface area contributed by atoms with Crippen LogP contribution in [0, 0.1) is 0 Å². The molecule has 0 unspecified atom stereocenters. The number of aromatic nitrogens is 3. The van der Waals surface area contributed by atoms with Gasteiger partial charge in [-0.05, 0) is 23.8 Å². The Balaban J connectivity index is 2.07. The van der Waals surface area contributed by atoms with Gasteiger partial charge in [0.2, 0.25) is 0 Å². The molecule has 0 aliphatic carbocycles. The van der Waals surface area contributed by atoms with Gasteiger partial charge in [0.1, 0.15) is 0 Å². The van der Waals surface area contributed by atoms with Crippen molar-refractivity contribution < 1.29 is 0 Å². The van der Waals surface area contributed by atoms with Crippen molar-refractivity contribution in [1.29, 1.82) is 0 Å². The summed E-state index contributed by atoms with van der Waals surface area (Å²) in [5.74, 6) is 0. The van der Waals surface area contributed by atoms with Crippen molar-refractivity contribution in [3.05, 3.63) is 72.1 Å². The quantitative estimate of drug-likeness (QED) is 0.569. The number of nitrogens with zero attached hydrogens (tertiary/aromatic N) is 2. The minimum absolute atomic E-state index is 0.620. The number of benzene rings is 1. The number of halogens is 1. The van der Waals surface area contributed by atoms with E-state index in [1.54, 1.807) is 18.6 Å². The van der Waals surface area contributed by atoms with Crippen LogP contribution in [0.1, 0.15) is 0 Å². The van der Waals surface area contributed by atoms with Crippen LogP contribution >= 0.6 is 11.6 Å². The Kier molecular flexibility index (Phi) is 3.13. The SMILES string of the molecule is Clc1cnc2c(-c3ccccc3)c(-c3ccncc3)[nH]c2c1. The standard InChI is InChI=1S/C18H12ClN3/c19-14-10-15-18(21-11-14)16(12-4-2-1-3-5-12)17(22-15)13-6-8-20-9-7-13/h1-11,22H. The molecule has 3 aromatic heterocycles. The average Bonchev–Trinajstić information content (AvgIpc) is 2.95. The lowest BCUT2D eigenvalue weighted by atomic mass is 10.0. The van der Waals surface area contributed by atoms with Crippen LogP contribution in [0.5, 0.6) is 0 Å². The predicted octanol–water partition coefficient (Wildman–Crippen LogP) is 4.95. The topological polar surface area (TPSA) is 41.6 Å². The largest absolute Gasteiger partial charge is 0.353 e. The fraction of sp³-hybridized carbons (Fsp3) is 0. The summed E-state index contributed by atoms with van der Waals surface area (Å²) in [6.45, 7) is 0. The first-order valence-electron chi connectivity index (χ1n) is 6.96. The van der Waals surface area contributed by atoms with Gasteiger partial charge in [-0.1, -0.05) is 41.9 Å². The van der Waals surface area contributed by atoms with E-state index in [0.29, 0.717) is 5.02 Å². The van der Waals surface area contributed by atoms with Gasteiger partial charge in [0.05, 0.1) is 21.7 Å². The van der Waals surface area contributed by atoms with Crippen LogP contribution in [0.2, 0.25) is 5.02 Å². The summed E-state index contributed by atoms with van der Waals surface area (Å²) in [5.41, 5.74) is 6.15. The summed E-state index contributed by atoms with van der Waals surface area (Å²) in [5, 5.41) is 0.620. The second-order valence-corrected chi connectivity index (χ2v) is 5.46. The lowest BCUT2D eigenvalue weighted by Gasteiger charge is -2.04. The molecule has 3 heterocycles. The van der Waals surface area contributed by atoms with Gasteiger partial charge < -0.3 is 4.98 Å². The summed E-state index contributed by atoms with van der Waals surface area (Å²) in [6.07, 6.45) is 5.26. The third-order valence-corrected chi connectivity index (χ3v) is 3.84. The Hall–Kier alpha value is -2.65. The predicted molar refractivity (Wildman–Crippen MR) is 89.8 cm³/mol. The van der Waals surface area contributed by atoms with Crippen molar-refractivity contribution in [2.24, 2.45) is 0 Å². The first kappa shape index (κ1) is 13.0. The van der Waals surface area contributed by atoms with Gasteiger partial charge in [-0.3, -0.25) is 9.97 Å². The number of aromatic amines is 1. The van der Waals surface area contributed by atoms with E-state index in [4.69, 9.17) is 11.6 Å². The molecule has 1 N–H and O–H groups in total. The highest BCUT2D eigenvalue weighted by Gasteiger charge is 2.16. The maximum absolute atomic E-state index is 6.08. The highest BCUT2D eigenvalue weighted by molar-refractivity contribution is 6.31. The summed E-state index contributed by atoms with van der Waals surface area (Å²) < 4.78 is 0. The lowest BCUT2D eigenvalue weighted by Crippen LogP contribution is -1.83. The fourth-order valence-electron chi connectivity index (χ4n) is 2.67. The number of hydrogen-bond acceptors (Lipinski definition) is 2. The lowest BCUT2D eigenvalue weighted by molar-refractivity contribution is 1.32. The van der Waals surface area contributed by atoms with E-state index in [0.717, 1.165) is 33.4 Å². The fourth-order valence-corrected chi connectivity index (χ4v) is 2.83. The molecule has 4 aromatic rings. The first-order chi connectivity index (χ1) is 10.8. The molecular formula is C18H12ClN3. The molecule has 106 valence electrons. The van der Waals surface area contributed by atoms with E-state index in [1.165, 1.54) is 0 Å². The minimum atomic E-state index is 0.620. The average molecular weight is 306 g/mol. The Morgan fingerprint density at radius 1 is 0.909 bits per heavy atom. The second kappa shape index (κ2) is 5.28. The molecule has 0 atom stereocenters. The summed E-state index contributed by atoms with van der Waals surface area (Å²) >= 11 is 6.08. The van der Waals surface area contributed by atoms with Crippen molar-refractivity contribution in [3.8, 4) is 22.4 Å². The summed E-state index contributed by atoms with van der Waals surface area (Å²) in [4.78, 5) is 12.1. The maximum atomic E-state index is 6.08. The molecule has 0 aliphatic heterocycles. The van der Waals surface area contributed by atoms with Crippen molar-refractivity contribution >= 4 is 22.6 Å². The molecule has 0 radical (unpaired) electrons. The monoisotopic (exact) mass is 305 g/mol. The Bertz CT molecular complexity index is 931. The molecular weight excluding hydrogens is 294 g/mol. The molecule has 0 saturated carbocycles. The number of nitrogens with one attached hydrogen (secondary N) is 1. The molecule has 3 nitrogen and oxygen atoms in total. The van der Waals surface area contributed by atoms with Gasteiger partial charge >= 0.3 is 0 Å². The van der Waals surface area contributed by atoms with Crippen LogP contribution in [-0.2, 0) is 0 Å². The summed E-state index contributed by atoms with van der Waals surface area (Å²) in [6, 6.07) is 16.1. The van der Waals surface area contributed by atoms with E-state index in [9.17, 15) is 0 Å². The van der Waals surface area contributed by atoms with Crippen LogP contribution in [0.4, 0.5) is 0 Å². The normalized spacial score (nSPS) is 11.0. The second-order valence-electron chi connectivity index (χ2n) is 5.03. The molecule has 0 aliphatic rings.